The lowest BCUT2D eigenvalue weighted by atomic mass is 10.4. The molecule has 1 aromatic heterocycles. The van der Waals surface area contributed by atoms with E-state index >= 15 is 0 Å². The first kappa shape index (κ1) is 15.0. The van der Waals surface area contributed by atoms with Crippen LogP contribution in [0.4, 0.5) is 11.6 Å². The SMILES string of the molecule is CCCNc1ncnc(NCC(=O)N2CCCC2)c1Br. The van der Waals surface area contributed by atoms with Crippen molar-refractivity contribution in [2.75, 3.05) is 36.8 Å². The summed E-state index contributed by atoms with van der Waals surface area (Å²) < 4.78 is 0.766. The van der Waals surface area contributed by atoms with Crippen LogP contribution in [0.3, 0.4) is 0 Å². The number of carbonyl (C=O) groups is 1. The molecule has 0 aromatic carbocycles. The molecule has 2 N–H and O–H groups in total. The Morgan fingerprint density at radius 2 is 1.95 bits per heavy atom. The van der Waals surface area contributed by atoms with Crippen molar-refractivity contribution >= 4 is 33.5 Å². The average Bonchev–Trinajstić information content (AvgIpc) is 2.99. The number of rotatable bonds is 6. The molecular formula is C13H20BrN5O. The van der Waals surface area contributed by atoms with E-state index in [1.807, 2.05) is 4.90 Å². The minimum atomic E-state index is 0.121. The Balaban J connectivity index is 1.93. The van der Waals surface area contributed by atoms with Crippen LogP contribution in [0.25, 0.3) is 0 Å². The van der Waals surface area contributed by atoms with Crippen molar-refractivity contribution in [3.8, 4) is 0 Å². The zero-order valence-corrected chi connectivity index (χ0v) is 13.2. The Hall–Kier alpha value is -1.37. The second-order valence-corrected chi connectivity index (χ2v) is 5.55. The predicted molar refractivity (Wildman–Crippen MR) is 82.8 cm³/mol. The fourth-order valence-electron chi connectivity index (χ4n) is 2.10. The van der Waals surface area contributed by atoms with Crippen LogP contribution < -0.4 is 10.6 Å². The number of nitrogens with one attached hydrogen (secondary N) is 2. The second kappa shape index (κ2) is 7.42. The first-order chi connectivity index (χ1) is 9.72. The van der Waals surface area contributed by atoms with Crippen LogP contribution in [0.15, 0.2) is 10.8 Å². The van der Waals surface area contributed by atoms with E-state index in [0.717, 1.165) is 49.2 Å². The van der Waals surface area contributed by atoms with E-state index in [9.17, 15) is 4.79 Å². The molecule has 6 nitrogen and oxygen atoms in total. The number of anilines is 2. The molecule has 1 saturated heterocycles. The summed E-state index contributed by atoms with van der Waals surface area (Å²) in [6, 6.07) is 0. The fraction of sp³-hybridized carbons (Fsp3) is 0.615. The highest BCUT2D eigenvalue weighted by Crippen LogP contribution is 2.26. The van der Waals surface area contributed by atoms with Gasteiger partial charge in [0.25, 0.3) is 0 Å². The molecule has 1 amide bonds. The van der Waals surface area contributed by atoms with Gasteiger partial charge in [0.05, 0.1) is 6.54 Å². The number of halogens is 1. The Kier molecular flexibility index (Phi) is 5.58. The highest BCUT2D eigenvalue weighted by Gasteiger charge is 2.18. The number of hydrogen-bond acceptors (Lipinski definition) is 5. The molecule has 0 saturated carbocycles. The quantitative estimate of drug-likeness (QED) is 0.829. The Morgan fingerprint density at radius 3 is 2.60 bits per heavy atom. The summed E-state index contributed by atoms with van der Waals surface area (Å²) in [7, 11) is 0. The van der Waals surface area contributed by atoms with Crippen molar-refractivity contribution in [3.63, 3.8) is 0 Å². The van der Waals surface area contributed by atoms with Gasteiger partial charge in [0.1, 0.15) is 22.4 Å². The molecule has 0 atom stereocenters. The minimum absolute atomic E-state index is 0.121. The van der Waals surface area contributed by atoms with Crippen LogP contribution in [0.2, 0.25) is 0 Å². The molecule has 0 unspecified atom stereocenters. The monoisotopic (exact) mass is 341 g/mol. The molecule has 0 aliphatic carbocycles. The fourth-order valence-corrected chi connectivity index (χ4v) is 2.58. The summed E-state index contributed by atoms with van der Waals surface area (Å²) in [6.07, 6.45) is 4.72. The molecular weight excluding hydrogens is 322 g/mol. The third-order valence-electron chi connectivity index (χ3n) is 3.20. The summed E-state index contributed by atoms with van der Waals surface area (Å²) in [5, 5.41) is 6.29. The summed E-state index contributed by atoms with van der Waals surface area (Å²) in [5.41, 5.74) is 0. The smallest absolute Gasteiger partial charge is 0.241 e. The van der Waals surface area contributed by atoms with E-state index in [1.165, 1.54) is 6.33 Å². The Morgan fingerprint density at radius 1 is 1.30 bits per heavy atom. The zero-order chi connectivity index (χ0) is 14.4. The van der Waals surface area contributed by atoms with Gasteiger partial charge in [-0.1, -0.05) is 6.92 Å². The van der Waals surface area contributed by atoms with Gasteiger partial charge in [-0.05, 0) is 35.2 Å². The van der Waals surface area contributed by atoms with E-state index in [-0.39, 0.29) is 12.5 Å². The largest absolute Gasteiger partial charge is 0.369 e. The summed E-state index contributed by atoms with van der Waals surface area (Å²) >= 11 is 3.47. The van der Waals surface area contributed by atoms with Crippen molar-refractivity contribution in [3.05, 3.63) is 10.8 Å². The predicted octanol–water partition coefficient (Wildman–Crippen LogP) is 2.10. The minimum Gasteiger partial charge on any atom is -0.369 e. The maximum Gasteiger partial charge on any atom is 0.241 e. The molecule has 110 valence electrons. The van der Waals surface area contributed by atoms with E-state index in [0.29, 0.717) is 5.82 Å². The number of aromatic nitrogens is 2. The van der Waals surface area contributed by atoms with Gasteiger partial charge in [0, 0.05) is 19.6 Å². The molecule has 2 rings (SSSR count). The van der Waals surface area contributed by atoms with Gasteiger partial charge in [-0.15, -0.1) is 0 Å². The van der Waals surface area contributed by atoms with Gasteiger partial charge in [0.2, 0.25) is 5.91 Å². The zero-order valence-electron chi connectivity index (χ0n) is 11.7. The lowest BCUT2D eigenvalue weighted by molar-refractivity contribution is -0.128. The van der Waals surface area contributed by atoms with E-state index in [4.69, 9.17) is 0 Å². The lowest BCUT2D eigenvalue weighted by Crippen LogP contribution is -2.33. The van der Waals surface area contributed by atoms with Crippen LogP contribution in [0.5, 0.6) is 0 Å². The standard InChI is InChI=1S/C13H20BrN5O/c1-2-5-15-12-11(14)13(18-9-17-12)16-8-10(20)19-6-3-4-7-19/h9H,2-8H2,1H3,(H2,15,16,17,18). The van der Waals surface area contributed by atoms with Crippen molar-refractivity contribution in [2.45, 2.75) is 26.2 Å². The molecule has 1 aliphatic rings. The molecule has 1 aromatic rings. The van der Waals surface area contributed by atoms with Gasteiger partial charge in [-0.25, -0.2) is 9.97 Å². The van der Waals surface area contributed by atoms with Crippen molar-refractivity contribution < 1.29 is 4.79 Å². The first-order valence-corrected chi connectivity index (χ1v) is 7.77. The third-order valence-corrected chi connectivity index (χ3v) is 3.95. The topological polar surface area (TPSA) is 70.1 Å². The van der Waals surface area contributed by atoms with Gasteiger partial charge in [-0.3, -0.25) is 4.79 Å². The van der Waals surface area contributed by atoms with Gasteiger partial charge in [0.15, 0.2) is 0 Å². The maximum atomic E-state index is 12.0. The molecule has 0 spiro atoms. The van der Waals surface area contributed by atoms with Crippen LogP contribution in [0.1, 0.15) is 26.2 Å². The number of nitrogens with zero attached hydrogens (tertiary/aromatic N) is 3. The molecule has 0 bridgehead atoms. The van der Waals surface area contributed by atoms with Crippen molar-refractivity contribution in [2.24, 2.45) is 0 Å². The summed E-state index contributed by atoms with van der Waals surface area (Å²) in [6.45, 7) is 4.95. The Bertz CT molecular complexity index is 462. The van der Waals surface area contributed by atoms with E-state index < -0.39 is 0 Å². The lowest BCUT2D eigenvalue weighted by Gasteiger charge is -2.16. The average molecular weight is 342 g/mol. The third kappa shape index (κ3) is 3.82. The second-order valence-electron chi connectivity index (χ2n) is 4.75. The highest BCUT2D eigenvalue weighted by atomic mass is 79.9. The highest BCUT2D eigenvalue weighted by molar-refractivity contribution is 9.10. The summed E-state index contributed by atoms with van der Waals surface area (Å²) in [5.74, 6) is 1.51. The molecule has 2 heterocycles. The normalized spacial score (nSPS) is 14.4. The molecule has 1 aliphatic heterocycles. The van der Waals surface area contributed by atoms with Gasteiger partial charge < -0.3 is 15.5 Å². The van der Waals surface area contributed by atoms with Crippen LogP contribution >= 0.6 is 15.9 Å². The molecule has 7 heteroatoms. The molecule has 1 fully saturated rings. The van der Waals surface area contributed by atoms with E-state index in [1.54, 1.807) is 0 Å². The van der Waals surface area contributed by atoms with Crippen LogP contribution in [-0.4, -0.2) is 47.0 Å². The Labute approximate surface area is 127 Å². The number of likely N-dealkylation sites (tertiary alicyclic amines) is 1. The van der Waals surface area contributed by atoms with E-state index in [2.05, 4.69) is 43.5 Å². The van der Waals surface area contributed by atoms with Gasteiger partial charge in [-0.2, -0.15) is 0 Å². The maximum absolute atomic E-state index is 12.0. The van der Waals surface area contributed by atoms with Crippen LogP contribution in [0, 0.1) is 0 Å². The molecule has 20 heavy (non-hydrogen) atoms. The van der Waals surface area contributed by atoms with Crippen molar-refractivity contribution in [1.29, 1.82) is 0 Å². The van der Waals surface area contributed by atoms with Crippen molar-refractivity contribution in [1.82, 2.24) is 14.9 Å². The molecule has 0 radical (unpaired) electrons. The first-order valence-electron chi connectivity index (χ1n) is 6.98. The number of hydrogen-bond donors (Lipinski definition) is 2. The number of carbonyl (C=O) groups excluding carboxylic acids is 1. The van der Waals surface area contributed by atoms with Gasteiger partial charge >= 0.3 is 0 Å². The number of amides is 1. The summed E-state index contributed by atoms with van der Waals surface area (Å²) in [4.78, 5) is 22.2. The van der Waals surface area contributed by atoms with Crippen LogP contribution in [-0.2, 0) is 4.79 Å².